The van der Waals surface area contributed by atoms with E-state index in [1.807, 2.05) is 0 Å². The molecule has 140 valence electrons. The average Bonchev–Trinajstić information content (AvgIpc) is 3.10. The van der Waals surface area contributed by atoms with E-state index < -0.39 is 9.84 Å². The summed E-state index contributed by atoms with van der Waals surface area (Å²) >= 11 is 0. The van der Waals surface area contributed by atoms with Crippen molar-refractivity contribution in [2.45, 2.75) is 52.6 Å². The van der Waals surface area contributed by atoms with Crippen molar-refractivity contribution in [3.05, 3.63) is 0 Å². The summed E-state index contributed by atoms with van der Waals surface area (Å²) in [6.07, 6.45) is 3.24. The number of nitrogens with one attached hydrogen (secondary N) is 2. The molecule has 24 heavy (non-hydrogen) atoms. The van der Waals surface area contributed by atoms with Crippen molar-refractivity contribution in [1.29, 1.82) is 0 Å². The Labute approximate surface area is 147 Å². The number of rotatable bonds is 7. The molecule has 7 heteroatoms. The molecule has 2 fully saturated rings. The maximum Gasteiger partial charge on any atom is 0.191 e. The normalized spacial score (nSPS) is 27.5. The van der Waals surface area contributed by atoms with Gasteiger partial charge in [0.05, 0.1) is 5.75 Å². The Hall–Kier alpha value is -0.820. The molecule has 1 aliphatic carbocycles. The summed E-state index contributed by atoms with van der Waals surface area (Å²) in [5.74, 6) is 1.64. The quantitative estimate of drug-likeness (QED) is 0.526. The number of hydrogen-bond donors (Lipinski definition) is 2. The third kappa shape index (κ3) is 5.62. The monoisotopic (exact) mass is 358 g/mol. The summed E-state index contributed by atoms with van der Waals surface area (Å²) in [4.78, 5) is 7.20. The maximum atomic E-state index is 11.6. The lowest BCUT2D eigenvalue weighted by atomic mass is 10.1. The summed E-state index contributed by atoms with van der Waals surface area (Å²) in [6, 6.07) is 0.943. The summed E-state index contributed by atoms with van der Waals surface area (Å²) in [7, 11) is -2.94. The molecule has 2 unspecified atom stereocenters. The number of aliphatic imine (C=N–C) groups is 1. The van der Waals surface area contributed by atoms with Gasteiger partial charge in [0.2, 0.25) is 0 Å². The molecular formula is C17H34N4O2S. The molecule has 0 aromatic heterocycles. The highest BCUT2D eigenvalue weighted by Gasteiger charge is 2.45. The average molecular weight is 359 g/mol. The molecule has 0 spiro atoms. The smallest absolute Gasteiger partial charge is 0.191 e. The van der Waals surface area contributed by atoms with Crippen molar-refractivity contribution in [1.82, 2.24) is 15.5 Å². The zero-order valence-electron chi connectivity index (χ0n) is 15.8. The second-order valence-corrected chi connectivity index (χ2v) is 10.2. The Balaban J connectivity index is 1.97. The van der Waals surface area contributed by atoms with Gasteiger partial charge in [-0.25, -0.2) is 8.42 Å². The molecule has 2 atom stereocenters. The minimum absolute atomic E-state index is 0.124. The second kappa shape index (κ2) is 7.60. The Morgan fingerprint density at radius 3 is 2.46 bits per heavy atom. The van der Waals surface area contributed by atoms with Crippen molar-refractivity contribution in [3.63, 3.8) is 0 Å². The molecule has 1 heterocycles. The molecule has 0 amide bonds. The Morgan fingerprint density at radius 1 is 1.33 bits per heavy atom. The van der Waals surface area contributed by atoms with Gasteiger partial charge in [-0.1, -0.05) is 6.92 Å². The van der Waals surface area contributed by atoms with Crippen LogP contribution in [0, 0.1) is 11.3 Å². The molecule has 1 saturated heterocycles. The van der Waals surface area contributed by atoms with Gasteiger partial charge < -0.3 is 10.6 Å². The van der Waals surface area contributed by atoms with Gasteiger partial charge in [0, 0.05) is 49.9 Å². The lowest BCUT2D eigenvalue weighted by molar-refractivity contribution is 0.265. The largest absolute Gasteiger partial charge is 0.357 e. The highest BCUT2D eigenvalue weighted by Crippen LogP contribution is 2.46. The van der Waals surface area contributed by atoms with Gasteiger partial charge in [0.15, 0.2) is 5.96 Å². The van der Waals surface area contributed by atoms with Gasteiger partial charge in [-0.15, -0.1) is 0 Å². The van der Waals surface area contributed by atoms with Crippen LogP contribution in [0.1, 0.15) is 40.5 Å². The van der Waals surface area contributed by atoms with Crippen LogP contribution in [0.4, 0.5) is 0 Å². The van der Waals surface area contributed by atoms with Crippen LogP contribution in [-0.2, 0) is 9.84 Å². The summed E-state index contributed by atoms with van der Waals surface area (Å²) in [5.41, 5.74) is -0.124. The highest BCUT2D eigenvalue weighted by atomic mass is 32.2. The number of likely N-dealkylation sites (tertiary alicyclic amines) is 1. The second-order valence-electron chi connectivity index (χ2n) is 8.04. The Bertz CT molecular complexity index is 555. The minimum atomic E-state index is -2.94. The van der Waals surface area contributed by atoms with E-state index in [2.05, 4.69) is 43.2 Å². The standard InChI is InChI=1S/C17H34N4O2S/c1-6-18-16(19-11-17(7-8-17)12-24(5,22)23)20-15-10-21(13(2)3)9-14(15)4/h13-15H,6-12H2,1-5H3,(H2,18,19,20). The van der Waals surface area contributed by atoms with Crippen LogP contribution in [0.15, 0.2) is 4.99 Å². The molecule has 2 aliphatic rings. The highest BCUT2D eigenvalue weighted by molar-refractivity contribution is 7.90. The first kappa shape index (κ1) is 19.5. The molecule has 1 aliphatic heterocycles. The van der Waals surface area contributed by atoms with Crippen LogP contribution in [0.2, 0.25) is 0 Å². The summed E-state index contributed by atoms with van der Waals surface area (Å²) in [6.45, 7) is 12.3. The zero-order valence-corrected chi connectivity index (χ0v) is 16.6. The van der Waals surface area contributed by atoms with Crippen molar-refractivity contribution in [3.8, 4) is 0 Å². The van der Waals surface area contributed by atoms with Crippen molar-refractivity contribution in [2.75, 3.05) is 38.2 Å². The van der Waals surface area contributed by atoms with Crippen LogP contribution in [0.3, 0.4) is 0 Å². The molecule has 0 aromatic rings. The van der Waals surface area contributed by atoms with Gasteiger partial charge in [0.1, 0.15) is 9.84 Å². The SMILES string of the molecule is CCNC(=NCC1(CS(C)(=O)=O)CC1)NC1CN(C(C)C)CC1C. The number of nitrogens with zero attached hydrogens (tertiary/aromatic N) is 2. The fourth-order valence-electron chi connectivity index (χ4n) is 3.44. The predicted molar refractivity (Wildman–Crippen MR) is 100 cm³/mol. The van der Waals surface area contributed by atoms with Crippen LogP contribution < -0.4 is 10.6 Å². The van der Waals surface area contributed by atoms with Crippen LogP contribution in [0.5, 0.6) is 0 Å². The third-order valence-electron chi connectivity index (χ3n) is 5.14. The maximum absolute atomic E-state index is 11.6. The van der Waals surface area contributed by atoms with E-state index in [0.717, 1.165) is 38.4 Å². The first-order valence-electron chi connectivity index (χ1n) is 9.11. The van der Waals surface area contributed by atoms with Gasteiger partial charge in [-0.2, -0.15) is 0 Å². The number of sulfone groups is 1. The summed E-state index contributed by atoms with van der Waals surface area (Å²) in [5, 5.41) is 6.87. The van der Waals surface area contributed by atoms with Crippen LogP contribution in [-0.4, -0.2) is 69.5 Å². The van der Waals surface area contributed by atoms with E-state index in [9.17, 15) is 8.42 Å². The zero-order chi connectivity index (χ0) is 18.0. The molecular weight excluding hydrogens is 324 g/mol. The number of guanidine groups is 1. The van der Waals surface area contributed by atoms with E-state index >= 15 is 0 Å². The topological polar surface area (TPSA) is 73.8 Å². The van der Waals surface area contributed by atoms with Crippen LogP contribution in [0.25, 0.3) is 0 Å². The third-order valence-corrected chi connectivity index (χ3v) is 6.27. The minimum Gasteiger partial charge on any atom is -0.357 e. The Morgan fingerprint density at radius 2 is 2.00 bits per heavy atom. The van der Waals surface area contributed by atoms with E-state index in [1.54, 1.807) is 0 Å². The molecule has 1 saturated carbocycles. The lowest BCUT2D eigenvalue weighted by Crippen LogP contribution is -2.47. The molecule has 2 rings (SSSR count). The Kier molecular flexibility index (Phi) is 6.18. The summed E-state index contributed by atoms with van der Waals surface area (Å²) < 4.78 is 23.2. The molecule has 6 nitrogen and oxygen atoms in total. The van der Waals surface area contributed by atoms with E-state index in [0.29, 0.717) is 24.5 Å². The first-order valence-corrected chi connectivity index (χ1v) is 11.2. The molecule has 0 aromatic carbocycles. The van der Waals surface area contributed by atoms with E-state index in [1.165, 1.54) is 6.26 Å². The fourth-order valence-corrected chi connectivity index (χ4v) is 4.93. The van der Waals surface area contributed by atoms with Gasteiger partial charge in [-0.05, 0) is 39.5 Å². The molecule has 2 N–H and O–H groups in total. The van der Waals surface area contributed by atoms with Crippen molar-refractivity contribution >= 4 is 15.8 Å². The van der Waals surface area contributed by atoms with Gasteiger partial charge in [0.25, 0.3) is 0 Å². The van der Waals surface area contributed by atoms with E-state index in [4.69, 9.17) is 4.99 Å². The molecule has 0 bridgehead atoms. The number of hydrogen-bond acceptors (Lipinski definition) is 4. The fraction of sp³-hybridized carbons (Fsp3) is 0.941. The van der Waals surface area contributed by atoms with Crippen LogP contribution >= 0.6 is 0 Å². The lowest BCUT2D eigenvalue weighted by Gasteiger charge is -2.22. The first-order chi connectivity index (χ1) is 11.1. The van der Waals surface area contributed by atoms with E-state index in [-0.39, 0.29) is 11.2 Å². The predicted octanol–water partition coefficient (Wildman–Crippen LogP) is 1.10. The van der Waals surface area contributed by atoms with Gasteiger partial charge in [-0.3, -0.25) is 9.89 Å². The molecule has 0 radical (unpaired) electrons. The van der Waals surface area contributed by atoms with Crippen molar-refractivity contribution in [2.24, 2.45) is 16.3 Å². The van der Waals surface area contributed by atoms with Gasteiger partial charge >= 0.3 is 0 Å². The van der Waals surface area contributed by atoms with Crippen molar-refractivity contribution < 1.29 is 8.42 Å².